The third kappa shape index (κ3) is 3.40. The molecule has 0 spiro atoms. The number of hydrogen-bond acceptors (Lipinski definition) is 4. The third-order valence-electron chi connectivity index (χ3n) is 4.33. The van der Waals surface area contributed by atoms with E-state index in [4.69, 9.17) is 11.6 Å². The van der Waals surface area contributed by atoms with Gasteiger partial charge in [-0.3, -0.25) is 13.6 Å². The maximum absolute atomic E-state index is 14.5. The summed E-state index contributed by atoms with van der Waals surface area (Å²) in [6.07, 6.45) is 1.31. The molecule has 2 aromatic heterocycles. The maximum Gasteiger partial charge on any atom is 0.256 e. The molecule has 2 heterocycles. The van der Waals surface area contributed by atoms with Crippen LogP contribution in [0.25, 0.3) is 28.0 Å². The number of hydrogen-bond donors (Lipinski definition) is 0. The Bertz CT molecular complexity index is 1390. The van der Waals surface area contributed by atoms with E-state index in [9.17, 15) is 22.2 Å². The predicted molar refractivity (Wildman–Crippen MR) is 108 cm³/mol. The Labute approximate surface area is 175 Å². The van der Waals surface area contributed by atoms with Crippen LogP contribution in [0.1, 0.15) is 0 Å². The van der Waals surface area contributed by atoms with Crippen LogP contribution in [0.3, 0.4) is 0 Å². The number of pyridine rings is 1. The number of fused-ring (bicyclic) bond motifs is 1. The van der Waals surface area contributed by atoms with Gasteiger partial charge in [0, 0.05) is 23.3 Å². The van der Waals surface area contributed by atoms with Crippen molar-refractivity contribution in [3.63, 3.8) is 0 Å². The standard InChI is InChI=1S/C20H11ClF3N3O2S/c1-30(29)20-25-17(11-6-5-10(22)9-13(11)21)12-7-8-16(28)27(19(12)26-20)18-14(23)3-2-4-15(18)24/h2-9H,1H3. The molecule has 0 aliphatic heterocycles. The molecular weight excluding hydrogens is 439 g/mol. The first-order valence-corrected chi connectivity index (χ1v) is 10.4. The van der Waals surface area contributed by atoms with Crippen molar-refractivity contribution in [1.29, 1.82) is 0 Å². The highest BCUT2D eigenvalue weighted by Gasteiger charge is 2.21. The molecule has 0 saturated carbocycles. The summed E-state index contributed by atoms with van der Waals surface area (Å²) >= 11 is 6.17. The molecule has 0 fully saturated rings. The summed E-state index contributed by atoms with van der Waals surface area (Å²) in [6, 6.07) is 9.22. The highest BCUT2D eigenvalue weighted by molar-refractivity contribution is 7.84. The Morgan fingerprint density at radius 1 is 1.00 bits per heavy atom. The van der Waals surface area contributed by atoms with Crippen molar-refractivity contribution in [2.45, 2.75) is 5.16 Å². The quantitative estimate of drug-likeness (QED) is 0.438. The first-order chi connectivity index (χ1) is 14.3. The van der Waals surface area contributed by atoms with E-state index in [1.165, 1.54) is 18.4 Å². The monoisotopic (exact) mass is 449 g/mol. The van der Waals surface area contributed by atoms with Gasteiger partial charge in [0.2, 0.25) is 5.16 Å². The van der Waals surface area contributed by atoms with Crippen molar-refractivity contribution in [1.82, 2.24) is 14.5 Å². The summed E-state index contributed by atoms with van der Waals surface area (Å²) in [5.74, 6) is -2.54. The molecule has 10 heteroatoms. The number of aromatic nitrogens is 3. The Morgan fingerprint density at radius 3 is 2.33 bits per heavy atom. The van der Waals surface area contributed by atoms with E-state index >= 15 is 0 Å². The Hall–Kier alpha value is -3.04. The highest BCUT2D eigenvalue weighted by Crippen LogP contribution is 2.33. The minimum Gasteiger partial charge on any atom is -0.269 e. The van der Waals surface area contributed by atoms with Crippen molar-refractivity contribution in [3.8, 4) is 16.9 Å². The lowest BCUT2D eigenvalue weighted by Crippen LogP contribution is -2.21. The maximum atomic E-state index is 14.5. The second-order valence-electron chi connectivity index (χ2n) is 6.25. The molecule has 2 aromatic carbocycles. The zero-order valence-electron chi connectivity index (χ0n) is 15.2. The molecule has 152 valence electrons. The summed E-state index contributed by atoms with van der Waals surface area (Å²) < 4.78 is 55.3. The van der Waals surface area contributed by atoms with Gasteiger partial charge < -0.3 is 0 Å². The van der Waals surface area contributed by atoms with Gasteiger partial charge in [-0.15, -0.1) is 0 Å². The van der Waals surface area contributed by atoms with Gasteiger partial charge in [0.25, 0.3) is 5.56 Å². The number of nitrogens with zero attached hydrogens (tertiary/aromatic N) is 3. The van der Waals surface area contributed by atoms with Gasteiger partial charge >= 0.3 is 0 Å². The Kier molecular flexibility index (Phi) is 5.17. The average Bonchev–Trinajstić information content (AvgIpc) is 2.68. The average molecular weight is 450 g/mol. The van der Waals surface area contributed by atoms with Gasteiger partial charge in [-0.1, -0.05) is 17.7 Å². The van der Waals surface area contributed by atoms with Crippen LogP contribution in [0.5, 0.6) is 0 Å². The van der Waals surface area contributed by atoms with Crippen LogP contribution in [0.2, 0.25) is 5.02 Å². The molecule has 5 nitrogen and oxygen atoms in total. The van der Waals surface area contributed by atoms with Crippen molar-refractivity contribution in [2.24, 2.45) is 0 Å². The van der Waals surface area contributed by atoms with Crippen LogP contribution in [-0.2, 0) is 10.8 Å². The van der Waals surface area contributed by atoms with Crippen LogP contribution >= 0.6 is 11.6 Å². The molecular formula is C20H11ClF3N3O2S. The third-order valence-corrected chi connectivity index (χ3v) is 5.34. The molecule has 4 aromatic rings. The minimum atomic E-state index is -1.70. The van der Waals surface area contributed by atoms with E-state index in [1.54, 1.807) is 0 Å². The van der Waals surface area contributed by atoms with Crippen LogP contribution in [0.15, 0.2) is 58.5 Å². The SMILES string of the molecule is CS(=O)c1nc(-c2ccc(F)cc2Cl)c2ccc(=O)n(-c3c(F)cccc3F)c2n1. The van der Waals surface area contributed by atoms with Crippen molar-refractivity contribution < 1.29 is 17.4 Å². The summed E-state index contributed by atoms with van der Waals surface area (Å²) in [7, 11) is -1.70. The van der Waals surface area contributed by atoms with Gasteiger partial charge in [-0.25, -0.2) is 23.1 Å². The van der Waals surface area contributed by atoms with Gasteiger partial charge in [0.1, 0.15) is 23.1 Å². The fourth-order valence-electron chi connectivity index (χ4n) is 3.03. The predicted octanol–water partition coefficient (Wildman–Crippen LogP) is 4.26. The molecule has 1 unspecified atom stereocenters. The Morgan fingerprint density at radius 2 is 1.70 bits per heavy atom. The molecule has 0 amide bonds. The summed E-state index contributed by atoms with van der Waals surface area (Å²) in [5, 5.41) is 0.0339. The minimum absolute atomic E-state index is 0.0117. The zero-order valence-corrected chi connectivity index (χ0v) is 16.8. The van der Waals surface area contributed by atoms with Crippen molar-refractivity contribution >= 4 is 33.4 Å². The van der Waals surface area contributed by atoms with Gasteiger partial charge in [0.05, 0.1) is 21.5 Å². The molecule has 0 radical (unpaired) electrons. The molecule has 0 bridgehead atoms. The summed E-state index contributed by atoms with van der Waals surface area (Å²) in [4.78, 5) is 21.0. The molecule has 30 heavy (non-hydrogen) atoms. The van der Waals surface area contributed by atoms with Crippen LogP contribution in [0.4, 0.5) is 13.2 Å². The van der Waals surface area contributed by atoms with E-state index in [1.807, 2.05) is 0 Å². The molecule has 4 rings (SSSR count). The summed E-state index contributed by atoms with van der Waals surface area (Å²) in [5.41, 5.74) is -1.14. The molecule has 0 aliphatic carbocycles. The molecule has 1 atom stereocenters. The second kappa shape index (κ2) is 7.66. The molecule has 0 saturated heterocycles. The number of rotatable bonds is 3. The Balaban J connectivity index is 2.19. The van der Waals surface area contributed by atoms with E-state index in [2.05, 4.69) is 9.97 Å². The lowest BCUT2D eigenvalue weighted by atomic mass is 10.1. The first-order valence-electron chi connectivity index (χ1n) is 8.45. The number of halogens is 4. The van der Waals surface area contributed by atoms with E-state index < -0.39 is 39.5 Å². The van der Waals surface area contributed by atoms with Gasteiger partial charge in [-0.2, -0.15) is 0 Å². The molecule has 0 N–H and O–H groups in total. The fourth-order valence-corrected chi connectivity index (χ4v) is 3.72. The van der Waals surface area contributed by atoms with E-state index in [0.29, 0.717) is 0 Å². The zero-order chi connectivity index (χ0) is 21.6. The number of para-hydroxylation sites is 1. The van der Waals surface area contributed by atoms with Gasteiger partial charge in [0.15, 0.2) is 5.65 Å². The van der Waals surface area contributed by atoms with Crippen molar-refractivity contribution in [2.75, 3.05) is 6.26 Å². The lowest BCUT2D eigenvalue weighted by Gasteiger charge is -2.14. The van der Waals surface area contributed by atoms with Crippen LogP contribution in [0, 0.1) is 17.5 Å². The topological polar surface area (TPSA) is 64.8 Å². The van der Waals surface area contributed by atoms with E-state index in [-0.39, 0.29) is 32.5 Å². The van der Waals surface area contributed by atoms with Crippen LogP contribution in [-0.4, -0.2) is 25.0 Å². The smallest absolute Gasteiger partial charge is 0.256 e. The van der Waals surface area contributed by atoms with Crippen molar-refractivity contribution in [3.05, 3.63) is 81.4 Å². The number of benzene rings is 2. The molecule has 0 aliphatic rings. The lowest BCUT2D eigenvalue weighted by molar-refractivity contribution is 0.568. The normalized spacial score (nSPS) is 12.3. The second-order valence-corrected chi connectivity index (χ2v) is 7.93. The summed E-state index contributed by atoms with van der Waals surface area (Å²) in [6.45, 7) is 0. The highest BCUT2D eigenvalue weighted by atomic mass is 35.5. The largest absolute Gasteiger partial charge is 0.269 e. The van der Waals surface area contributed by atoms with E-state index in [0.717, 1.165) is 41.0 Å². The first kappa shape index (κ1) is 20.2. The van der Waals surface area contributed by atoms with Crippen LogP contribution < -0.4 is 5.56 Å². The fraction of sp³-hybridized carbons (Fsp3) is 0.0500. The van der Waals surface area contributed by atoms with Gasteiger partial charge in [-0.05, 0) is 36.4 Å².